The van der Waals surface area contributed by atoms with E-state index in [0.29, 0.717) is 6.04 Å². The normalized spacial score (nSPS) is 12.2. The van der Waals surface area contributed by atoms with Gasteiger partial charge in [-0.1, -0.05) is 18.2 Å². The lowest BCUT2D eigenvalue weighted by Crippen LogP contribution is -2.23. The fourth-order valence-corrected chi connectivity index (χ4v) is 1.83. The largest absolute Gasteiger partial charge is 0.496 e. The molecule has 0 aliphatic rings. The van der Waals surface area contributed by atoms with Crippen LogP contribution in [0.25, 0.3) is 0 Å². The van der Waals surface area contributed by atoms with E-state index in [1.54, 1.807) is 7.11 Å². The molecule has 1 N–H and O–H groups in total. The average Bonchev–Trinajstić information content (AvgIpc) is 2.25. The Bertz CT molecular complexity index is 348. The van der Waals surface area contributed by atoms with Crippen molar-refractivity contribution < 1.29 is 4.74 Å². The van der Waals surface area contributed by atoms with Gasteiger partial charge in [-0.3, -0.25) is 0 Å². The molecular weight excluding hydrogens is 198 g/mol. The van der Waals surface area contributed by atoms with E-state index in [4.69, 9.17) is 4.74 Å². The molecule has 0 aliphatic carbocycles. The van der Waals surface area contributed by atoms with Gasteiger partial charge in [0.05, 0.1) is 7.11 Å². The lowest BCUT2D eigenvalue weighted by atomic mass is 10.1. The maximum Gasteiger partial charge on any atom is 0.124 e. The van der Waals surface area contributed by atoms with E-state index in [0.717, 1.165) is 12.3 Å². The highest BCUT2D eigenvalue weighted by molar-refractivity contribution is 5.43. The van der Waals surface area contributed by atoms with E-state index in [2.05, 4.69) is 44.8 Å². The lowest BCUT2D eigenvalue weighted by molar-refractivity contribution is 0.408. The fraction of sp³-hybridized carbons (Fsp3) is 0.429. The van der Waals surface area contributed by atoms with Crippen LogP contribution >= 0.6 is 0 Å². The SMILES string of the molecule is C=CC(C)NCc1cc(C)c(OC)c(C)c1. The van der Waals surface area contributed by atoms with Crippen LogP contribution in [0.1, 0.15) is 23.6 Å². The van der Waals surface area contributed by atoms with E-state index in [1.165, 1.54) is 16.7 Å². The zero-order chi connectivity index (χ0) is 12.1. The third-order valence-electron chi connectivity index (χ3n) is 2.71. The molecular formula is C14H21NO. The van der Waals surface area contributed by atoms with E-state index in [9.17, 15) is 0 Å². The van der Waals surface area contributed by atoms with Gasteiger partial charge in [0.15, 0.2) is 0 Å². The number of rotatable bonds is 5. The number of hydrogen-bond donors (Lipinski definition) is 1. The van der Waals surface area contributed by atoms with Crippen molar-refractivity contribution in [3.05, 3.63) is 41.5 Å². The Balaban J connectivity index is 2.79. The van der Waals surface area contributed by atoms with Gasteiger partial charge in [-0.05, 0) is 37.5 Å². The molecule has 1 unspecified atom stereocenters. The van der Waals surface area contributed by atoms with Crippen LogP contribution < -0.4 is 10.1 Å². The van der Waals surface area contributed by atoms with Crippen molar-refractivity contribution >= 4 is 0 Å². The summed E-state index contributed by atoms with van der Waals surface area (Å²) in [5, 5.41) is 3.38. The van der Waals surface area contributed by atoms with Crippen molar-refractivity contribution in [1.29, 1.82) is 0 Å². The Hall–Kier alpha value is -1.28. The standard InChI is InChI=1S/C14H21NO/c1-6-12(4)15-9-13-7-10(2)14(16-5)11(3)8-13/h6-8,12,15H,1,9H2,2-5H3. The van der Waals surface area contributed by atoms with Crippen molar-refractivity contribution in [3.63, 3.8) is 0 Å². The molecule has 0 bridgehead atoms. The first-order valence-corrected chi connectivity index (χ1v) is 5.58. The third kappa shape index (κ3) is 3.11. The quantitative estimate of drug-likeness (QED) is 0.769. The van der Waals surface area contributed by atoms with Crippen LogP contribution in [0.15, 0.2) is 24.8 Å². The van der Waals surface area contributed by atoms with Gasteiger partial charge in [-0.15, -0.1) is 6.58 Å². The smallest absolute Gasteiger partial charge is 0.124 e. The monoisotopic (exact) mass is 219 g/mol. The zero-order valence-corrected chi connectivity index (χ0v) is 10.6. The van der Waals surface area contributed by atoms with E-state index in [1.807, 2.05) is 6.08 Å². The van der Waals surface area contributed by atoms with E-state index < -0.39 is 0 Å². The third-order valence-corrected chi connectivity index (χ3v) is 2.71. The van der Waals surface area contributed by atoms with Crippen molar-refractivity contribution in [2.45, 2.75) is 33.4 Å². The Morgan fingerprint density at radius 2 is 1.94 bits per heavy atom. The van der Waals surface area contributed by atoms with Crippen LogP contribution in [0.5, 0.6) is 5.75 Å². The minimum Gasteiger partial charge on any atom is -0.496 e. The minimum absolute atomic E-state index is 0.336. The topological polar surface area (TPSA) is 21.3 Å². The summed E-state index contributed by atoms with van der Waals surface area (Å²) < 4.78 is 5.34. The van der Waals surface area contributed by atoms with Gasteiger partial charge in [0.2, 0.25) is 0 Å². The van der Waals surface area contributed by atoms with Crippen molar-refractivity contribution in [2.24, 2.45) is 0 Å². The van der Waals surface area contributed by atoms with Gasteiger partial charge < -0.3 is 10.1 Å². The minimum atomic E-state index is 0.336. The van der Waals surface area contributed by atoms with Crippen LogP contribution in [0.4, 0.5) is 0 Å². The van der Waals surface area contributed by atoms with E-state index in [-0.39, 0.29) is 0 Å². The lowest BCUT2D eigenvalue weighted by Gasteiger charge is -2.13. The van der Waals surface area contributed by atoms with Gasteiger partial charge in [-0.25, -0.2) is 0 Å². The molecule has 1 rings (SSSR count). The molecule has 88 valence electrons. The molecule has 0 heterocycles. The molecule has 0 amide bonds. The average molecular weight is 219 g/mol. The second-order valence-electron chi connectivity index (χ2n) is 4.17. The molecule has 0 aromatic heterocycles. The first-order valence-electron chi connectivity index (χ1n) is 5.58. The molecule has 0 spiro atoms. The van der Waals surface area contributed by atoms with Gasteiger partial charge in [0.25, 0.3) is 0 Å². The highest BCUT2D eigenvalue weighted by Crippen LogP contribution is 2.24. The molecule has 0 fully saturated rings. The summed E-state index contributed by atoms with van der Waals surface area (Å²) >= 11 is 0. The van der Waals surface area contributed by atoms with Crippen LogP contribution in [-0.2, 0) is 6.54 Å². The Kier molecular flexibility index (Phi) is 4.56. The van der Waals surface area contributed by atoms with Crippen LogP contribution in [-0.4, -0.2) is 13.2 Å². The number of ether oxygens (including phenoxy) is 1. The first-order chi connectivity index (χ1) is 7.58. The Morgan fingerprint density at radius 1 is 1.38 bits per heavy atom. The maximum absolute atomic E-state index is 5.34. The van der Waals surface area contributed by atoms with Gasteiger partial charge in [0, 0.05) is 12.6 Å². The summed E-state index contributed by atoms with van der Waals surface area (Å²) in [5.41, 5.74) is 3.65. The summed E-state index contributed by atoms with van der Waals surface area (Å²) in [6.07, 6.45) is 1.91. The zero-order valence-electron chi connectivity index (χ0n) is 10.6. The predicted molar refractivity (Wildman–Crippen MR) is 69.0 cm³/mol. The van der Waals surface area contributed by atoms with Crippen LogP contribution in [0, 0.1) is 13.8 Å². The highest BCUT2D eigenvalue weighted by Gasteiger charge is 2.05. The summed E-state index contributed by atoms with van der Waals surface area (Å²) in [7, 11) is 1.72. The van der Waals surface area contributed by atoms with Crippen LogP contribution in [0.3, 0.4) is 0 Å². The molecule has 16 heavy (non-hydrogen) atoms. The predicted octanol–water partition coefficient (Wildman–Crippen LogP) is 2.98. The molecule has 0 saturated heterocycles. The van der Waals surface area contributed by atoms with Gasteiger partial charge in [-0.2, -0.15) is 0 Å². The van der Waals surface area contributed by atoms with Gasteiger partial charge >= 0.3 is 0 Å². The number of benzene rings is 1. The van der Waals surface area contributed by atoms with Crippen molar-refractivity contribution in [3.8, 4) is 5.75 Å². The number of hydrogen-bond acceptors (Lipinski definition) is 2. The summed E-state index contributed by atoms with van der Waals surface area (Å²) in [6, 6.07) is 4.66. The van der Waals surface area contributed by atoms with Gasteiger partial charge in [0.1, 0.15) is 5.75 Å². The molecule has 0 aliphatic heterocycles. The molecule has 1 aromatic carbocycles. The molecule has 2 nitrogen and oxygen atoms in total. The highest BCUT2D eigenvalue weighted by atomic mass is 16.5. The molecule has 1 aromatic rings. The molecule has 2 heteroatoms. The molecule has 0 saturated carbocycles. The van der Waals surface area contributed by atoms with E-state index >= 15 is 0 Å². The number of aryl methyl sites for hydroxylation is 2. The fourth-order valence-electron chi connectivity index (χ4n) is 1.83. The van der Waals surface area contributed by atoms with Crippen molar-refractivity contribution in [2.75, 3.05) is 7.11 Å². The summed E-state index contributed by atoms with van der Waals surface area (Å²) in [4.78, 5) is 0. The second kappa shape index (κ2) is 5.71. The number of methoxy groups -OCH3 is 1. The second-order valence-corrected chi connectivity index (χ2v) is 4.17. The Labute approximate surface area is 98.3 Å². The Morgan fingerprint density at radius 3 is 2.38 bits per heavy atom. The summed E-state index contributed by atoms with van der Waals surface area (Å²) in [6.45, 7) is 10.9. The molecule has 1 atom stereocenters. The maximum atomic E-state index is 5.34. The van der Waals surface area contributed by atoms with Crippen molar-refractivity contribution in [1.82, 2.24) is 5.32 Å². The van der Waals surface area contributed by atoms with Crippen LogP contribution in [0.2, 0.25) is 0 Å². The molecule has 0 radical (unpaired) electrons. The number of nitrogens with one attached hydrogen (secondary N) is 1. The summed E-state index contributed by atoms with van der Waals surface area (Å²) in [5.74, 6) is 0.987. The first kappa shape index (κ1) is 12.8.